The van der Waals surface area contributed by atoms with Gasteiger partial charge in [-0.25, -0.2) is 4.79 Å². The van der Waals surface area contributed by atoms with Gasteiger partial charge in [0.25, 0.3) is 0 Å². The predicted octanol–water partition coefficient (Wildman–Crippen LogP) is 3.67. The average molecular weight is 288 g/mol. The highest BCUT2D eigenvalue weighted by molar-refractivity contribution is 7.91. The number of carboxylic acid groups (broad SMARTS) is 1. The maximum atomic E-state index is 12.5. The van der Waals surface area contributed by atoms with Crippen LogP contribution in [-0.2, 0) is 11.2 Å². The molecule has 0 aliphatic rings. The van der Waals surface area contributed by atoms with Crippen molar-refractivity contribution in [3.05, 3.63) is 59.7 Å². The van der Waals surface area contributed by atoms with E-state index in [1.807, 2.05) is 12.1 Å². The van der Waals surface area contributed by atoms with Crippen LogP contribution in [0, 0.1) is 0 Å². The summed E-state index contributed by atoms with van der Waals surface area (Å²) in [6, 6.07) is 13.8. The molecule has 104 valence electrons. The molecule has 0 saturated carbocycles. The third kappa shape index (κ3) is 3.03. The van der Waals surface area contributed by atoms with Crippen molar-refractivity contribution >= 4 is 17.1 Å². The third-order valence-corrected chi connectivity index (χ3v) is 4.53. The molecule has 1 N–H and O–H groups in total. The first-order valence-electron chi connectivity index (χ1n) is 6.34. The van der Waals surface area contributed by atoms with Gasteiger partial charge < -0.3 is 9.66 Å². The molecule has 20 heavy (non-hydrogen) atoms. The first kappa shape index (κ1) is 14.6. The van der Waals surface area contributed by atoms with E-state index < -0.39 is 17.1 Å². The summed E-state index contributed by atoms with van der Waals surface area (Å²) in [5.41, 5.74) is 1.25. The predicted molar refractivity (Wildman–Crippen MR) is 78.6 cm³/mol. The Balaban J connectivity index is 2.36. The fraction of sp³-hybridized carbons (Fsp3) is 0.188. The average Bonchev–Trinajstić information content (AvgIpc) is 2.46. The molecule has 4 heteroatoms. The van der Waals surface area contributed by atoms with Crippen molar-refractivity contribution in [2.75, 3.05) is 0 Å². The molecule has 0 amide bonds. The Hall–Kier alpha value is -1.78. The van der Waals surface area contributed by atoms with E-state index in [-0.39, 0.29) is 5.56 Å². The van der Waals surface area contributed by atoms with Gasteiger partial charge in [0.15, 0.2) is 9.79 Å². The van der Waals surface area contributed by atoms with Gasteiger partial charge in [-0.1, -0.05) is 38.1 Å². The van der Waals surface area contributed by atoms with E-state index in [1.54, 1.807) is 30.3 Å². The zero-order chi connectivity index (χ0) is 14.7. The van der Waals surface area contributed by atoms with Crippen molar-refractivity contribution < 1.29 is 14.5 Å². The Kier molecular flexibility index (Phi) is 4.47. The summed E-state index contributed by atoms with van der Waals surface area (Å²) in [5.74, 6) is -0.656. The number of hydrogen-bond acceptors (Lipinski definition) is 2. The highest BCUT2D eigenvalue weighted by Gasteiger charge is 2.22. The Morgan fingerprint density at radius 3 is 2.25 bits per heavy atom. The van der Waals surface area contributed by atoms with Crippen molar-refractivity contribution in [1.29, 1.82) is 0 Å². The number of benzene rings is 2. The summed E-state index contributed by atoms with van der Waals surface area (Å²) in [7, 11) is 0. The molecule has 0 aliphatic carbocycles. The SMILES string of the molecule is CC(C)c1ccc([S+]([O-])c2ccccc2C(=O)O)cc1. The number of carboxylic acids is 1. The molecule has 0 fully saturated rings. The molecule has 0 bridgehead atoms. The standard InChI is InChI=1S/C16H16O3S/c1-11(2)12-7-9-13(10-8-12)20(19)15-6-4-3-5-14(15)16(17)18/h3-11H,1-2H3,(H,17,18). The second kappa shape index (κ2) is 6.11. The maximum Gasteiger partial charge on any atom is 0.340 e. The van der Waals surface area contributed by atoms with Crippen molar-refractivity contribution in [2.45, 2.75) is 29.6 Å². The molecular formula is C16H16O3S. The van der Waals surface area contributed by atoms with E-state index in [0.29, 0.717) is 15.7 Å². The van der Waals surface area contributed by atoms with E-state index in [9.17, 15) is 9.35 Å². The second-order valence-electron chi connectivity index (χ2n) is 4.79. The van der Waals surface area contributed by atoms with Crippen LogP contribution in [-0.4, -0.2) is 15.6 Å². The summed E-state index contributed by atoms with van der Waals surface area (Å²) < 4.78 is 12.5. The topological polar surface area (TPSA) is 60.4 Å². The Bertz CT molecular complexity index is 605. The maximum absolute atomic E-state index is 12.5. The number of rotatable bonds is 4. The molecular weight excluding hydrogens is 272 g/mol. The zero-order valence-corrected chi connectivity index (χ0v) is 12.2. The zero-order valence-electron chi connectivity index (χ0n) is 11.4. The molecule has 0 aliphatic heterocycles. The van der Waals surface area contributed by atoms with E-state index in [2.05, 4.69) is 13.8 Å². The van der Waals surface area contributed by atoms with Crippen LogP contribution in [0.1, 0.15) is 35.7 Å². The largest absolute Gasteiger partial charge is 0.606 e. The van der Waals surface area contributed by atoms with Crippen LogP contribution < -0.4 is 0 Å². The molecule has 3 nitrogen and oxygen atoms in total. The minimum absolute atomic E-state index is 0.0822. The summed E-state index contributed by atoms with van der Waals surface area (Å²) in [6.07, 6.45) is 0. The van der Waals surface area contributed by atoms with Crippen LogP contribution >= 0.6 is 0 Å². The highest BCUT2D eigenvalue weighted by Crippen LogP contribution is 2.25. The molecule has 1 atom stereocenters. The van der Waals surface area contributed by atoms with Gasteiger partial charge in [-0.15, -0.1) is 0 Å². The van der Waals surface area contributed by atoms with Crippen LogP contribution in [0.4, 0.5) is 0 Å². The minimum Gasteiger partial charge on any atom is -0.606 e. The normalized spacial score (nSPS) is 12.4. The molecule has 0 spiro atoms. The lowest BCUT2D eigenvalue weighted by atomic mass is 10.0. The van der Waals surface area contributed by atoms with Crippen molar-refractivity contribution in [3.8, 4) is 0 Å². The van der Waals surface area contributed by atoms with Gasteiger partial charge in [-0.05, 0) is 35.7 Å². The fourth-order valence-corrected chi connectivity index (χ4v) is 3.10. The van der Waals surface area contributed by atoms with Crippen molar-refractivity contribution in [1.82, 2.24) is 0 Å². The monoisotopic (exact) mass is 288 g/mol. The molecule has 2 aromatic carbocycles. The van der Waals surface area contributed by atoms with Crippen LogP contribution in [0.5, 0.6) is 0 Å². The third-order valence-electron chi connectivity index (χ3n) is 3.08. The summed E-state index contributed by atoms with van der Waals surface area (Å²) in [5, 5.41) is 9.14. The van der Waals surface area contributed by atoms with Crippen LogP contribution in [0.3, 0.4) is 0 Å². The minimum atomic E-state index is -1.48. The lowest BCUT2D eigenvalue weighted by molar-refractivity contribution is 0.0692. The van der Waals surface area contributed by atoms with Crippen LogP contribution in [0.15, 0.2) is 58.3 Å². The molecule has 0 saturated heterocycles. The summed E-state index contributed by atoms with van der Waals surface area (Å²) in [6.45, 7) is 4.18. The smallest absolute Gasteiger partial charge is 0.340 e. The molecule has 2 aromatic rings. The first-order valence-corrected chi connectivity index (χ1v) is 7.49. The number of aromatic carboxylic acids is 1. The Labute approximate surface area is 121 Å². The van der Waals surface area contributed by atoms with Gasteiger partial charge in [-0.3, -0.25) is 0 Å². The molecule has 0 heterocycles. The summed E-state index contributed by atoms with van der Waals surface area (Å²) in [4.78, 5) is 12.1. The van der Waals surface area contributed by atoms with Gasteiger partial charge in [0.05, 0.1) is 0 Å². The van der Waals surface area contributed by atoms with Crippen molar-refractivity contribution in [2.24, 2.45) is 0 Å². The van der Waals surface area contributed by atoms with Gasteiger partial charge in [0.1, 0.15) is 5.56 Å². The number of carbonyl (C=O) groups is 1. The second-order valence-corrected chi connectivity index (χ2v) is 6.24. The molecule has 0 aromatic heterocycles. The molecule has 2 rings (SSSR count). The highest BCUT2D eigenvalue weighted by atomic mass is 32.2. The molecule has 0 radical (unpaired) electrons. The number of hydrogen-bond donors (Lipinski definition) is 1. The van der Waals surface area contributed by atoms with Gasteiger partial charge in [0, 0.05) is 11.2 Å². The Morgan fingerprint density at radius 1 is 1.10 bits per heavy atom. The quantitative estimate of drug-likeness (QED) is 0.873. The first-order chi connectivity index (χ1) is 9.50. The summed E-state index contributed by atoms with van der Waals surface area (Å²) >= 11 is -1.48. The van der Waals surface area contributed by atoms with Gasteiger partial charge >= 0.3 is 5.97 Å². The lowest BCUT2D eigenvalue weighted by Crippen LogP contribution is -2.09. The van der Waals surface area contributed by atoms with Gasteiger partial charge in [0.2, 0.25) is 0 Å². The molecule has 1 unspecified atom stereocenters. The van der Waals surface area contributed by atoms with Crippen LogP contribution in [0.25, 0.3) is 0 Å². The Morgan fingerprint density at radius 2 is 1.70 bits per heavy atom. The fourth-order valence-electron chi connectivity index (χ4n) is 1.91. The van der Waals surface area contributed by atoms with E-state index in [4.69, 9.17) is 5.11 Å². The van der Waals surface area contributed by atoms with E-state index in [0.717, 1.165) is 5.56 Å². The van der Waals surface area contributed by atoms with E-state index in [1.165, 1.54) is 6.07 Å². The lowest BCUT2D eigenvalue weighted by Gasteiger charge is -2.13. The van der Waals surface area contributed by atoms with E-state index >= 15 is 0 Å². The van der Waals surface area contributed by atoms with Crippen LogP contribution in [0.2, 0.25) is 0 Å². The van der Waals surface area contributed by atoms with Gasteiger partial charge in [-0.2, -0.15) is 0 Å². The van der Waals surface area contributed by atoms with Crippen molar-refractivity contribution in [3.63, 3.8) is 0 Å².